The molecule has 72 valence electrons. The van der Waals surface area contributed by atoms with Crippen molar-refractivity contribution in [3.63, 3.8) is 0 Å². The highest BCUT2D eigenvalue weighted by Gasteiger charge is 2.43. The number of amides is 1. The summed E-state index contributed by atoms with van der Waals surface area (Å²) in [5, 5.41) is 8.56. The number of aliphatic carboxylic acids is 1. The second-order valence-electron chi connectivity index (χ2n) is 3.91. The zero-order chi connectivity index (χ0) is 9.42. The second kappa shape index (κ2) is 3.01. The Morgan fingerprint density at radius 3 is 2.92 bits per heavy atom. The lowest BCUT2D eigenvalue weighted by Crippen LogP contribution is -2.32. The molecular formula is C9H13NO3. The molecule has 4 heteroatoms. The molecule has 0 bridgehead atoms. The molecule has 13 heavy (non-hydrogen) atoms. The normalized spacial score (nSPS) is 32.3. The van der Waals surface area contributed by atoms with Gasteiger partial charge in [-0.3, -0.25) is 9.59 Å². The smallest absolute Gasteiger partial charge is 0.323 e. The van der Waals surface area contributed by atoms with Crippen LogP contribution in [0.4, 0.5) is 0 Å². The van der Waals surface area contributed by atoms with Gasteiger partial charge in [0.15, 0.2) is 0 Å². The highest BCUT2D eigenvalue weighted by molar-refractivity contribution is 5.85. The molecule has 1 N–H and O–H groups in total. The van der Waals surface area contributed by atoms with Crippen molar-refractivity contribution in [1.29, 1.82) is 0 Å². The summed E-state index contributed by atoms with van der Waals surface area (Å²) in [6, 6.07) is 0. The van der Waals surface area contributed by atoms with E-state index in [0.717, 1.165) is 19.3 Å². The Labute approximate surface area is 76.5 Å². The van der Waals surface area contributed by atoms with E-state index in [1.165, 1.54) is 4.90 Å². The number of hydrogen-bond donors (Lipinski definition) is 1. The Kier molecular flexibility index (Phi) is 1.98. The molecular weight excluding hydrogens is 170 g/mol. The van der Waals surface area contributed by atoms with E-state index in [4.69, 9.17) is 5.11 Å². The first-order valence-electron chi connectivity index (χ1n) is 4.69. The zero-order valence-electron chi connectivity index (χ0n) is 7.40. The highest BCUT2D eigenvalue weighted by Crippen LogP contribution is 2.38. The minimum Gasteiger partial charge on any atom is -0.480 e. The topological polar surface area (TPSA) is 57.6 Å². The van der Waals surface area contributed by atoms with Crippen molar-refractivity contribution in [1.82, 2.24) is 4.90 Å². The first-order valence-corrected chi connectivity index (χ1v) is 4.69. The number of nitrogens with zero attached hydrogens (tertiary/aromatic N) is 1. The predicted octanol–water partition coefficient (Wildman–Crippen LogP) is 0.329. The van der Waals surface area contributed by atoms with Gasteiger partial charge < -0.3 is 10.0 Å². The maximum atomic E-state index is 11.6. The first-order chi connectivity index (χ1) is 6.18. The van der Waals surface area contributed by atoms with Crippen molar-refractivity contribution in [3.05, 3.63) is 0 Å². The number of fused-ring (bicyclic) bond motifs is 1. The Morgan fingerprint density at radius 2 is 2.31 bits per heavy atom. The Hall–Kier alpha value is -1.06. The van der Waals surface area contributed by atoms with Gasteiger partial charge in [-0.05, 0) is 18.8 Å². The zero-order valence-corrected chi connectivity index (χ0v) is 7.40. The van der Waals surface area contributed by atoms with Gasteiger partial charge in [0, 0.05) is 12.5 Å². The molecule has 1 amide bonds. The molecule has 1 saturated carbocycles. The molecule has 0 aromatic heterocycles. The average Bonchev–Trinajstić information content (AvgIpc) is 2.56. The van der Waals surface area contributed by atoms with E-state index in [2.05, 4.69) is 0 Å². The van der Waals surface area contributed by atoms with Gasteiger partial charge in [-0.15, -0.1) is 0 Å². The maximum absolute atomic E-state index is 11.6. The van der Waals surface area contributed by atoms with Crippen LogP contribution in [0, 0.1) is 11.8 Å². The van der Waals surface area contributed by atoms with Crippen LogP contribution < -0.4 is 0 Å². The predicted molar refractivity (Wildman–Crippen MR) is 45.0 cm³/mol. The lowest BCUT2D eigenvalue weighted by atomic mass is 10.0. The number of carboxylic acids is 1. The Balaban J connectivity index is 2.02. The Bertz CT molecular complexity index is 251. The molecule has 2 atom stereocenters. The molecule has 1 aliphatic carbocycles. The van der Waals surface area contributed by atoms with Crippen LogP contribution in [0.2, 0.25) is 0 Å². The van der Waals surface area contributed by atoms with E-state index < -0.39 is 5.97 Å². The fourth-order valence-corrected chi connectivity index (χ4v) is 2.49. The third-order valence-corrected chi connectivity index (χ3v) is 3.07. The minimum absolute atomic E-state index is 0.0601. The lowest BCUT2D eigenvalue weighted by molar-refractivity contribution is -0.143. The largest absolute Gasteiger partial charge is 0.480 e. The summed E-state index contributed by atoms with van der Waals surface area (Å²) < 4.78 is 0. The van der Waals surface area contributed by atoms with Crippen molar-refractivity contribution in [2.24, 2.45) is 11.8 Å². The lowest BCUT2D eigenvalue weighted by Gasteiger charge is -2.13. The molecule has 2 fully saturated rings. The van der Waals surface area contributed by atoms with Crippen LogP contribution in [0.3, 0.4) is 0 Å². The van der Waals surface area contributed by atoms with Gasteiger partial charge in [-0.1, -0.05) is 6.42 Å². The highest BCUT2D eigenvalue weighted by atomic mass is 16.4. The van der Waals surface area contributed by atoms with Crippen LogP contribution in [0.15, 0.2) is 0 Å². The van der Waals surface area contributed by atoms with Gasteiger partial charge in [0.1, 0.15) is 6.54 Å². The fourth-order valence-electron chi connectivity index (χ4n) is 2.49. The average molecular weight is 183 g/mol. The van der Waals surface area contributed by atoms with E-state index >= 15 is 0 Å². The van der Waals surface area contributed by atoms with E-state index in [-0.39, 0.29) is 18.4 Å². The third kappa shape index (κ3) is 1.41. The summed E-state index contributed by atoms with van der Waals surface area (Å²) in [5.41, 5.74) is 0. The molecule has 0 aromatic rings. The number of carboxylic acid groups (broad SMARTS) is 1. The number of likely N-dealkylation sites (tertiary alicyclic amines) is 1. The van der Waals surface area contributed by atoms with E-state index in [1.54, 1.807) is 0 Å². The van der Waals surface area contributed by atoms with Crippen LogP contribution in [0.5, 0.6) is 0 Å². The molecule has 1 saturated heterocycles. The van der Waals surface area contributed by atoms with Crippen LogP contribution in [0.25, 0.3) is 0 Å². The molecule has 2 aliphatic rings. The van der Waals surface area contributed by atoms with Crippen LogP contribution >= 0.6 is 0 Å². The summed E-state index contributed by atoms with van der Waals surface area (Å²) in [5.74, 6) is -0.274. The molecule has 1 aliphatic heterocycles. The summed E-state index contributed by atoms with van der Waals surface area (Å²) in [6.07, 6.45) is 3.17. The van der Waals surface area contributed by atoms with E-state index in [1.807, 2.05) is 0 Å². The molecule has 1 heterocycles. The van der Waals surface area contributed by atoms with Crippen molar-refractivity contribution < 1.29 is 14.7 Å². The summed E-state index contributed by atoms with van der Waals surface area (Å²) >= 11 is 0. The third-order valence-electron chi connectivity index (χ3n) is 3.07. The molecule has 2 unspecified atom stereocenters. The van der Waals surface area contributed by atoms with Crippen molar-refractivity contribution >= 4 is 11.9 Å². The second-order valence-corrected chi connectivity index (χ2v) is 3.91. The van der Waals surface area contributed by atoms with Crippen LogP contribution in [-0.4, -0.2) is 35.0 Å². The maximum Gasteiger partial charge on any atom is 0.323 e. The summed E-state index contributed by atoms with van der Waals surface area (Å²) in [7, 11) is 0. The van der Waals surface area contributed by atoms with Gasteiger partial charge in [0.25, 0.3) is 0 Å². The molecule has 0 spiro atoms. The molecule has 2 rings (SSSR count). The number of carbonyl (C=O) groups is 2. The van der Waals surface area contributed by atoms with Crippen molar-refractivity contribution in [3.8, 4) is 0 Å². The fraction of sp³-hybridized carbons (Fsp3) is 0.778. The molecule has 0 aromatic carbocycles. The van der Waals surface area contributed by atoms with Gasteiger partial charge in [-0.25, -0.2) is 0 Å². The summed E-state index contributed by atoms with van der Waals surface area (Å²) in [6.45, 7) is 0.543. The van der Waals surface area contributed by atoms with Crippen LogP contribution in [-0.2, 0) is 9.59 Å². The van der Waals surface area contributed by atoms with Gasteiger partial charge in [0.05, 0.1) is 0 Å². The molecule has 0 radical (unpaired) electrons. The summed E-state index contributed by atoms with van der Waals surface area (Å²) in [4.78, 5) is 23.5. The number of hydrogen-bond acceptors (Lipinski definition) is 2. The molecule has 4 nitrogen and oxygen atoms in total. The minimum atomic E-state index is -0.909. The number of carbonyl (C=O) groups excluding carboxylic acids is 1. The number of rotatable bonds is 2. The Morgan fingerprint density at radius 1 is 1.54 bits per heavy atom. The monoisotopic (exact) mass is 183 g/mol. The standard InChI is InChI=1S/C9H13NO3/c11-8(12)5-10-4-6-2-1-3-7(6)9(10)13/h6-7H,1-5H2,(H,11,12). The SMILES string of the molecule is O=C(O)CN1CC2CCCC2C1=O. The first kappa shape index (κ1) is 8.53. The van der Waals surface area contributed by atoms with Gasteiger partial charge in [0.2, 0.25) is 5.91 Å². The van der Waals surface area contributed by atoms with Crippen molar-refractivity contribution in [2.75, 3.05) is 13.1 Å². The van der Waals surface area contributed by atoms with E-state index in [9.17, 15) is 9.59 Å². The van der Waals surface area contributed by atoms with Gasteiger partial charge >= 0.3 is 5.97 Å². The van der Waals surface area contributed by atoms with Crippen LogP contribution in [0.1, 0.15) is 19.3 Å². The van der Waals surface area contributed by atoms with Crippen molar-refractivity contribution in [2.45, 2.75) is 19.3 Å². The van der Waals surface area contributed by atoms with E-state index in [0.29, 0.717) is 12.5 Å². The quantitative estimate of drug-likeness (QED) is 0.671. The van der Waals surface area contributed by atoms with Gasteiger partial charge in [-0.2, -0.15) is 0 Å².